The molecule has 3 rings (SSSR count). The van der Waals surface area contributed by atoms with Crippen molar-refractivity contribution in [1.29, 1.82) is 0 Å². The minimum atomic E-state index is 0.0113. The van der Waals surface area contributed by atoms with Crippen LogP contribution in [0.5, 0.6) is 0 Å². The monoisotopic (exact) mass is 540 g/mol. The van der Waals surface area contributed by atoms with Crippen LogP contribution < -0.4 is 0 Å². The molecule has 3 heterocycles. The van der Waals surface area contributed by atoms with Crippen LogP contribution in [0.2, 0.25) is 0 Å². The third kappa shape index (κ3) is 11.7. The molecule has 0 saturated carbocycles. The fraction of sp³-hybridized carbons (Fsp3) is 0.846. The third-order valence-corrected chi connectivity index (χ3v) is 6.50. The normalized spacial score (nSPS) is 16.8. The molecule has 0 radical (unpaired) electrons. The van der Waals surface area contributed by atoms with Crippen LogP contribution in [-0.4, -0.2) is 134 Å². The molecule has 218 valence electrons. The number of likely N-dealkylation sites (tertiary alicyclic amines) is 1. The molecule has 2 aliphatic heterocycles. The van der Waals surface area contributed by atoms with E-state index in [0.29, 0.717) is 38.7 Å². The Morgan fingerprint density at radius 1 is 0.895 bits per heavy atom. The summed E-state index contributed by atoms with van der Waals surface area (Å²) in [5.74, 6) is 0.0775. The maximum atomic E-state index is 12.5. The summed E-state index contributed by atoms with van der Waals surface area (Å²) in [7, 11) is 1.71. The Hall–Kier alpha value is -2.12. The summed E-state index contributed by atoms with van der Waals surface area (Å²) in [4.78, 5) is 30.8. The first-order valence-corrected chi connectivity index (χ1v) is 14.0. The number of piperidine rings is 1. The number of rotatable bonds is 15. The average molecular weight is 541 g/mol. The summed E-state index contributed by atoms with van der Waals surface area (Å²) >= 11 is 0. The largest absolute Gasteiger partial charge is 0.381 e. The van der Waals surface area contributed by atoms with Gasteiger partial charge in [-0.3, -0.25) is 14.5 Å². The average Bonchev–Trinajstić information content (AvgIpc) is 3.40. The Morgan fingerprint density at radius 3 is 2.18 bits per heavy atom. The number of methoxy groups -OCH3 is 1. The predicted octanol–water partition coefficient (Wildman–Crippen LogP) is 1.05. The first kappa shape index (κ1) is 32.1. The van der Waals surface area contributed by atoms with E-state index in [0.717, 1.165) is 65.1 Å². The van der Waals surface area contributed by atoms with Gasteiger partial charge >= 0.3 is 0 Å². The molecule has 2 aliphatic rings. The molecule has 1 aromatic rings. The van der Waals surface area contributed by atoms with Gasteiger partial charge in [-0.1, -0.05) is 26.0 Å². The molecule has 1 aromatic heterocycles. The topological polar surface area (TPSA) is 111 Å². The van der Waals surface area contributed by atoms with Gasteiger partial charge in [0.25, 0.3) is 0 Å². The first-order chi connectivity index (χ1) is 18.6. The summed E-state index contributed by atoms with van der Waals surface area (Å²) in [6.45, 7) is 14.2. The molecule has 0 bridgehead atoms. The molecule has 2 amide bonds. The number of nitrogens with zero attached hydrogens (tertiary/aromatic N) is 6. The molecule has 38 heavy (non-hydrogen) atoms. The van der Waals surface area contributed by atoms with E-state index in [9.17, 15) is 9.59 Å². The van der Waals surface area contributed by atoms with Gasteiger partial charge in [-0.25, -0.2) is 4.68 Å². The van der Waals surface area contributed by atoms with Crippen LogP contribution in [0.25, 0.3) is 0 Å². The van der Waals surface area contributed by atoms with E-state index in [2.05, 4.69) is 22.1 Å². The Morgan fingerprint density at radius 2 is 1.53 bits per heavy atom. The highest BCUT2D eigenvalue weighted by Gasteiger charge is 2.23. The van der Waals surface area contributed by atoms with E-state index in [1.165, 1.54) is 0 Å². The van der Waals surface area contributed by atoms with Gasteiger partial charge in [-0.05, 0) is 25.8 Å². The SMILES string of the molecule is CC.CCCN1CCN(C(=O)Cn2cc(COCCOCCOCC(=O)N3CCC(OC)CC3)nn2)CC1. The molecule has 2 saturated heterocycles. The molecule has 2 fully saturated rings. The number of hydrogen-bond donors (Lipinski definition) is 0. The van der Waals surface area contributed by atoms with Crippen LogP contribution in [-0.2, 0) is 41.7 Å². The van der Waals surface area contributed by atoms with E-state index in [4.69, 9.17) is 18.9 Å². The van der Waals surface area contributed by atoms with Gasteiger partial charge in [0.1, 0.15) is 18.8 Å². The molecular formula is C26H48N6O6. The smallest absolute Gasteiger partial charge is 0.248 e. The highest BCUT2D eigenvalue weighted by Crippen LogP contribution is 2.12. The van der Waals surface area contributed by atoms with E-state index in [1.807, 2.05) is 23.6 Å². The van der Waals surface area contributed by atoms with Crippen LogP contribution in [0.4, 0.5) is 0 Å². The van der Waals surface area contributed by atoms with Gasteiger partial charge in [0, 0.05) is 46.4 Å². The Bertz CT molecular complexity index is 778. The zero-order valence-corrected chi connectivity index (χ0v) is 23.8. The second-order valence-corrected chi connectivity index (χ2v) is 9.16. The number of amides is 2. The molecule has 0 aromatic carbocycles. The molecule has 0 spiro atoms. The van der Waals surface area contributed by atoms with E-state index in [-0.39, 0.29) is 31.1 Å². The third-order valence-electron chi connectivity index (χ3n) is 6.50. The fourth-order valence-electron chi connectivity index (χ4n) is 4.36. The van der Waals surface area contributed by atoms with Crippen molar-refractivity contribution in [2.24, 2.45) is 0 Å². The lowest BCUT2D eigenvalue weighted by Gasteiger charge is -2.34. The number of aromatic nitrogens is 3. The van der Waals surface area contributed by atoms with Gasteiger partial charge in [0.2, 0.25) is 11.8 Å². The zero-order valence-electron chi connectivity index (χ0n) is 23.8. The fourth-order valence-corrected chi connectivity index (χ4v) is 4.36. The highest BCUT2D eigenvalue weighted by atomic mass is 16.5. The Balaban J connectivity index is 0.00000247. The number of carbonyl (C=O) groups is 2. The molecule has 0 atom stereocenters. The van der Waals surface area contributed by atoms with E-state index in [1.54, 1.807) is 18.0 Å². The molecule has 0 N–H and O–H groups in total. The first-order valence-electron chi connectivity index (χ1n) is 14.0. The van der Waals surface area contributed by atoms with Gasteiger partial charge in [-0.15, -0.1) is 5.10 Å². The maximum Gasteiger partial charge on any atom is 0.248 e. The summed E-state index contributed by atoms with van der Waals surface area (Å²) in [5.41, 5.74) is 0.673. The van der Waals surface area contributed by atoms with Crippen molar-refractivity contribution in [3.8, 4) is 0 Å². The quantitative estimate of drug-likeness (QED) is 0.301. The van der Waals surface area contributed by atoms with E-state index < -0.39 is 0 Å². The van der Waals surface area contributed by atoms with Crippen molar-refractivity contribution in [3.63, 3.8) is 0 Å². The number of ether oxygens (including phenoxy) is 4. The summed E-state index contributed by atoms with van der Waals surface area (Å²) < 4.78 is 23.4. The molecule has 0 unspecified atom stereocenters. The lowest BCUT2D eigenvalue weighted by molar-refractivity contribution is -0.139. The molecule has 0 aliphatic carbocycles. The van der Waals surface area contributed by atoms with Gasteiger partial charge in [-0.2, -0.15) is 0 Å². The second kappa shape index (κ2) is 19.0. The summed E-state index contributed by atoms with van der Waals surface area (Å²) in [6, 6.07) is 0. The van der Waals surface area contributed by atoms with Crippen molar-refractivity contribution < 1.29 is 28.5 Å². The lowest BCUT2D eigenvalue weighted by atomic mass is 10.1. The molecule has 12 heteroatoms. The zero-order chi connectivity index (χ0) is 27.6. The number of hydrogen-bond acceptors (Lipinski definition) is 9. The van der Waals surface area contributed by atoms with Crippen molar-refractivity contribution in [1.82, 2.24) is 29.7 Å². The van der Waals surface area contributed by atoms with Gasteiger partial charge in [0.05, 0.1) is 45.3 Å². The van der Waals surface area contributed by atoms with Crippen LogP contribution in [0.15, 0.2) is 6.20 Å². The second-order valence-electron chi connectivity index (χ2n) is 9.16. The maximum absolute atomic E-state index is 12.5. The van der Waals surface area contributed by atoms with Crippen LogP contribution in [0.3, 0.4) is 0 Å². The number of piperazine rings is 1. The molecule has 12 nitrogen and oxygen atoms in total. The van der Waals surface area contributed by atoms with Crippen LogP contribution in [0.1, 0.15) is 45.7 Å². The molecular weight excluding hydrogens is 492 g/mol. The summed E-state index contributed by atoms with van der Waals surface area (Å²) in [6.07, 6.45) is 4.88. The summed E-state index contributed by atoms with van der Waals surface area (Å²) in [5, 5.41) is 8.12. The van der Waals surface area contributed by atoms with Gasteiger partial charge in [0.15, 0.2) is 0 Å². The van der Waals surface area contributed by atoms with Crippen LogP contribution >= 0.6 is 0 Å². The van der Waals surface area contributed by atoms with Crippen molar-refractivity contribution in [3.05, 3.63) is 11.9 Å². The minimum Gasteiger partial charge on any atom is -0.381 e. The number of carbonyl (C=O) groups excluding carboxylic acids is 2. The van der Waals surface area contributed by atoms with Crippen molar-refractivity contribution in [2.75, 3.05) is 86.0 Å². The predicted molar refractivity (Wildman–Crippen MR) is 143 cm³/mol. The van der Waals surface area contributed by atoms with Crippen molar-refractivity contribution in [2.45, 2.75) is 59.3 Å². The standard InChI is InChI=1S/C24H42N6O6.C2H6/c1-3-6-27-9-11-29(12-10-27)23(31)18-30-17-21(25-26-30)19-35-15-13-34-14-16-36-20-24(32)28-7-4-22(33-2)5-8-28;1-2/h17,22H,3-16,18-20H2,1-2H3;1-2H3. The Labute approximate surface area is 227 Å². The van der Waals surface area contributed by atoms with Gasteiger partial charge < -0.3 is 28.7 Å². The lowest BCUT2D eigenvalue weighted by Crippen LogP contribution is -2.49. The minimum absolute atomic E-state index is 0.0113. The van der Waals surface area contributed by atoms with E-state index >= 15 is 0 Å². The van der Waals surface area contributed by atoms with Crippen molar-refractivity contribution >= 4 is 11.8 Å². The highest BCUT2D eigenvalue weighted by molar-refractivity contribution is 5.77. The Kier molecular flexibility index (Phi) is 16.1. The van der Waals surface area contributed by atoms with Crippen LogP contribution in [0, 0.1) is 0 Å².